The van der Waals surface area contributed by atoms with Crippen molar-refractivity contribution in [2.45, 2.75) is 6.18 Å². The van der Waals surface area contributed by atoms with Crippen LogP contribution in [-0.4, -0.2) is 35.8 Å². The topological polar surface area (TPSA) is 81.1 Å². The average molecular weight is 365 g/mol. The first-order chi connectivity index (χ1) is 11.0. The Morgan fingerprint density at radius 2 is 1.92 bits per heavy atom. The van der Waals surface area contributed by atoms with Gasteiger partial charge in [-0.05, 0) is 12.1 Å². The molecule has 0 aliphatic heterocycles. The molecule has 1 aromatic carbocycles. The molecule has 1 heterocycles. The third kappa shape index (κ3) is 4.31. The van der Waals surface area contributed by atoms with Crippen molar-refractivity contribution in [1.29, 1.82) is 0 Å². The molecule has 0 saturated carbocycles. The predicted molar refractivity (Wildman–Crippen MR) is 75.9 cm³/mol. The quantitative estimate of drug-likeness (QED) is 0.839. The summed E-state index contributed by atoms with van der Waals surface area (Å²) in [6.45, 7) is 0. The number of hydrogen-bond acceptors (Lipinski definition) is 4. The standard InChI is InChI=1S/C13H11F4N3O3S/c1-20-6-10(12(21)19-24(22,23)7-13(15,16)17)18-11(20)8-4-2-3-5-9(8)14/h2-6H,7H2,1H3,(H,19,21). The Balaban J connectivity index is 2.27. The summed E-state index contributed by atoms with van der Waals surface area (Å²) >= 11 is 0. The van der Waals surface area contributed by atoms with E-state index in [2.05, 4.69) is 4.98 Å². The Kier molecular flexibility index (Phi) is 4.65. The van der Waals surface area contributed by atoms with Crippen LogP contribution in [0.5, 0.6) is 0 Å². The van der Waals surface area contributed by atoms with Gasteiger partial charge in [-0.3, -0.25) is 4.79 Å². The molecule has 0 aliphatic carbocycles. The summed E-state index contributed by atoms with van der Waals surface area (Å²) in [5, 5.41) is 0. The van der Waals surface area contributed by atoms with Gasteiger partial charge in [-0.2, -0.15) is 13.2 Å². The van der Waals surface area contributed by atoms with Crippen LogP contribution in [0.4, 0.5) is 17.6 Å². The molecule has 0 radical (unpaired) electrons. The zero-order chi connectivity index (χ0) is 18.1. The smallest absolute Gasteiger partial charge is 0.333 e. The summed E-state index contributed by atoms with van der Waals surface area (Å²) in [5.41, 5.74) is -0.404. The van der Waals surface area contributed by atoms with Crippen LogP contribution >= 0.6 is 0 Å². The lowest BCUT2D eigenvalue weighted by Crippen LogP contribution is -2.37. The monoisotopic (exact) mass is 365 g/mol. The molecule has 11 heteroatoms. The fourth-order valence-electron chi connectivity index (χ4n) is 1.91. The molecular formula is C13H11F4N3O3S. The number of nitrogens with one attached hydrogen (secondary N) is 1. The number of aromatic nitrogens is 2. The summed E-state index contributed by atoms with van der Waals surface area (Å²) in [7, 11) is -3.48. The Morgan fingerprint density at radius 1 is 1.29 bits per heavy atom. The van der Waals surface area contributed by atoms with E-state index in [4.69, 9.17) is 0 Å². The Labute approximate surface area is 134 Å². The molecule has 2 rings (SSSR count). The molecule has 0 fully saturated rings. The van der Waals surface area contributed by atoms with Gasteiger partial charge in [-0.15, -0.1) is 0 Å². The Bertz CT molecular complexity index is 875. The molecule has 0 unspecified atom stereocenters. The van der Waals surface area contributed by atoms with Crippen LogP contribution in [0.15, 0.2) is 30.5 Å². The number of halogens is 4. The highest BCUT2D eigenvalue weighted by atomic mass is 32.2. The molecule has 130 valence electrons. The van der Waals surface area contributed by atoms with Crippen molar-refractivity contribution >= 4 is 15.9 Å². The lowest BCUT2D eigenvalue weighted by atomic mass is 10.2. The number of nitrogens with zero attached hydrogens (tertiary/aromatic N) is 2. The molecule has 0 spiro atoms. The largest absolute Gasteiger partial charge is 0.404 e. The van der Waals surface area contributed by atoms with Crippen LogP contribution in [-0.2, 0) is 17.1 Å². The lowest BCUT2D eigenvalue weighted by molar-refractivity contribution is -0.106. The molecule has 1 aromatic heterocycles. The summed E-state index contributed by atoms with van der Waals surface area (Å²) < 4.78 is 75.3. The van der Waals surface area contributed by atoms with Crippen LogP contribution in [0, 0.1) is 5.82 Å². The molecule has 24 heavy (non-hydrogen) atoms. The Hall–Kier alpha value is -2.43. The summed E-state index contributed by atoms with van der Waals surface area (Å²) in [5.74, 6) is -4.13. The second kappa shape index (κ2) is 6.23. The van der Waals surface area contributed by atoms with Crippen LogP contribution < -0.4 is 4.72 Å². The number of rotatable bonds is 4. The first kappa shape index (κ1) is 17.9. The van der Waals surface area contributed by atoms with Crippen molar-refractivity contribution in [3.05, 3.63) is 42.0 Å². The minimum atomic E-state index is -4.99. The van der Waals surface area contributed by atoms with Crippen LogP contribution in [0.3, 0.4) is 0 Å². The third-order valence-corrected chi connectivity index (χ3v) is 4.03. The first-order valence-corrected chi connectivity index (χ1v) is 8.03. The van der Waals surface area contributed by atoms with E-state index in [1.807, 2.05) is 0 Å². The number of imidazole rings is 1. The van der Waals surface area contributed by atoms with Gasteiger partial charge >= 0.3 is 6.18 Å². The number of alkyl halides is 3. The molecule has 0 bridgehead atoms. The van der Waals surface area contributed by atoms with Gasteiger partial charge < -0.3 is 4.57 Å². The third-order valence-electron chi connectivity index (χ3n) is 2.83. The number of carbonyl (C=O) groups excluding carboxylic acids is 1. The first-order valence-electron chi connectivity index (χ1n) is 6.38. The maximum Gasteiger partial charge on any atom is 0.404 e. The van der Waals surface area contributed by atoms with E-state index in [0.717, 1.165) is 12.3 Å². The number of benzene rings is 1. The van der Waals surface area contributed by atoms with E-state index in [1.165, 1.54) is 34.5 Å². The summed E-state index contributed by atoms with van der Waals surface area (Å²) in [6.07, 6.45) is -3.91. The fraction of sp³-hybridized carbons (Fsp3) is 0.231. The minimum absolute atomic E-state index is 0.0199. The van der Waals surface area contributed by atoms with Crippen molar-refractivity contribution in [3.63, 3.8) is 0 Å². The highest BCUT2D eigenvalue weighted by Gasteiger charge is 2.36. The number of carbonyl (C=O) groups is 1. The van der Waals surface area contributed by atoms with Gasteiger partial charge in [0.15, 0.2) is 5.75 Å². The molecule has 6 nitrogen and oxygen atoms in total. The van der Waals surface area contributed by atoms with Crippen LogP contribution in [0.1, 0.15) is 10.5 Å². The van der Waals surface area contributed by atoms with Crippen molar-refractivity contribution in [2.24, 2.45) is 7.05 Å². The van der Waals surface area contributed by atoms with Gasteiger partial charge in [0.25, 0.3) is 5.91 Å². The van der Waals surface area contributed by atoms with Crippen molar-refractivity contribution in [1.82, 2.24) is 14.3 Å². The summed E-state index contributed by atoms with van der Waals surface area (Å²) in [4.78, 5) is 15.6. The van der Waals surface area contributed by atoms with E-state index in [9.17, 15) is 30.8 Å². The van der Waals surface area contributed by atoms with Gasteiger partial charge in [0.2, 0.25) is 10.0 Å². The summed E-state index contributed by atoms with van der Waals surface area (Å²) in [6, 6.07) is 5.52. The van der Waals surface area contributed by atoms with Gasteiger partial charge in [-0.25, -0.2) is 22.5 Å². The zero-order valence-corrected chi connectivity index (χ0v) is 12.9. The zero-order valence-electron chi connectivity index (χ0n) is 12.1. The highest BCUT2D eigenvalue weighted by molar-refractivity contribution is 7.90. The average Bonchev–Trinajstić information content (AvgIpc) is 2.78. The number of amides is 1. The number of aryl methyl sites for hydroxylation is 1. The molecule has 0 aliphatic rings. The van der Waals surface area contributed by atoms with E-state index < -0.39 is 39.4 Å². The molecule has 1 N–H and O–H groups in total. The van der Waals surface area contributed by atoms with Crippen molar-refractivity contribution in [3.8, 4) is 11.4 Å². The number of sulfonamides is 1. The van der Waals surface area contributed by atoms with E-state index in [0.29, 0.717) is 0 Å². The molecular weight excluding hydrogens is 354 g/mol. The second-order valence-electron chi connectivity index (χ2n) is 4.85. The lowest BCUT2D eigenvalue weighted by Gasteiger charge is -2.07. The Morgan fingerprint density at radius 3 is 2.50 bits per heavy atom. The minimum Gasteiger partial charge on any atom is -0.333 e. The van der Waals surface area contributed by atoms with E-state index in [-0.39, 0.29) is 11.4 Å². The van der Waals surface area contributed by atoms with Crippen molar-refractivity contribution in [2.75, 3.05) is 5.75 Å². The van der Waals surface area contributed by atoms with Gasteiger partial charge in [0.1, 0.15) is 17.3 Å². The maximum absolute atomic E-state index is 13.7. The van der Waals surface area contributed by atoms with Gasteiger partial charge in [-0.1, -0.05) is 12.1 Å². The fourth-order valence-corrected chi connectivity index (χ4v) is 2.80. The second-order valence-corrected chi connectivity index (χ2v) is 6.57. The van der Waals surface area contributed by atoms with Crippen molar-refractivity contribution < 1.29 is 30.8 Å². The predicted octanol–water partition coefficient (Wildman–Crippen LogP) is 1.85. The molecule has 1 amide bonds. The van der Waals surface area contributed by atoms with E-state index in [1.54, 1.807) is 0 Å². The molecule has 0 atom stereocenters. The molecule has 2 aromatic rings. The number of hydrogen-bond donors (Lipinski definition) is 1. The van der Waals surface area contributed by atoms with Crippen LogP contribution in [0.2, 0.25) is 0 Å². The normalized spacial score (nSPS) is 12.2. The maximum atomic E-state index is 13.7. The van der Waals surface area contributed by atoms with E-state index >= 15 is 0 Å². The molecule has 0 saturated heterocycles. The van der Waals surface area contributed by atoms with Gasteiger partial charge in [0.05, 0.1) is 5.56 Å². The van der Waals surface area contributed by atoms with Crippen LogP contribution in [0.25, 0.3) is 11.4 Å². The SMILES string of the molecule is Cn1cc(C(=O)NS(=O)(=O)CC(F)(F)F)nc1-c1ccccc1F. The van der Waals surface area contributed by atoms with Gasteiger partial charge in [0, 0.05) is 13.2 Å². The highest BCUT2D eigenvalue weighted by Crippen LogP contribution is 2.21.